The minimum absolute atomic E-state index is 0.00818. The molecule has 1 amide bonds. The summed E-state index contributed by atoms with van der Waals surface area (Å²) in [4.78, 5) is 17.9. The van der Waals surface area contributed by atoms with Gasteiger partial charge in [0.15, 0.2) is 0 Å². The molecule has 3 aliphatic rings. The van der Waals surface area contributed by atoms with Crippen LogP contribution in [-0.4, -0.2) is 58.1 Å². The van der Waals surface area contributed by atoms with Crippen LogP contribution < -0.4 is 0 Å². The number of aliphatic hydroxyl groups is 1. The molecule has 1 N–H and O–H groups in total. The number of hydrogen-bond acceptors (Lipinski definition) is 3. The molecular weight excluding hydrogens is 398 g/mol. The van der Waals surface area contributed by atoms with Crippen molar-refractivity contribution < 1.29 is 18.7 Å². The number of likely N-dealkylation sites (tertiary alicyclic amines) is 2. The fourth-order valence-electron chi connectivity index (χ4n) is 6.00. The lowest BCUT2D eigenvalue weighted by Crippen LogP contribution is -2.60. The van der Waals surface area contributed by atoms with E-state index in [-0.39, 0.29) is 35.1 Å². The Hall–Kier alpha value is -1.53. The average molecular weight is 435 g/mol. The number of piperidine rings is 1. The van der Waals surface area contributed by atoms with Crippen molar-refractivity contribution in [2.45, 2.75) is 64.5 Å². The maximum absolute atomic E-state index is 14.7. The van der Waals surface area contributed by atoms with Crippen LogP contribution in [0.4, 0.5) is 8.78 Å². The van der Waals surface area contributed by atoms with Crippen molar-refractivity contribution in [1.82, 2.24) is 9.80 Å². The van der Waals surface area contributed by atoms with Crippen molar-refractivity contribution in [1.29, 1.82) is 0 Å². The van der Waals surface area contributed by atoms with E-state index in [9.17, 15) is 18.7 Å². The van der Waals surface area contributed by atoms with Crippen molar-refractivity contribution in [2.75, 3.05) is 26.2 Å². The monoisotopic (exact) mass is 434 g/mol. The van der Waals surface area contributed by atoms with Gasteiger partial charge in [-0.25, -0.2) is 8.78 Å². The first-order valence-corrected chi connectivity index (χ1v) is 11.6. The highest BCUT2D eigenvalue weighted by Gasteiger charge is 2.55. The first-order valence-electron chi connectivity index (χ1n) is 11.6. The Morgan fingerprint density at radius 2 is 1.68 bits per heavy atom. The van der Waals surface area contributed by atoms with E-state index < -0.39 is 17.2 Å². The van der Waals surface area contributed by atoms with Gasteiger partial charge in [-0.2, -0.15) is 0 Å². The second-order valence-corrected chi connectivity index (χ2v) is 11.2. The van der Waals surface area contributed by atoms with E-state index in [1.165, 1.54) is 12.1 Å². The maximum Gasteiger partial charge on any atom is 0.227 e. The molecule has 0 unspecified atom stereocenters. The Morgan fingerprint density at radius 3 is 2.19 bits per heavy atom. The van der Waals surface area contributed by atoms with Crippen molar-refractivity contribution in [3.63, 3.8) is 0 Å². The third-order valence-electron chi connectivity index (χ3n) is 8.06. The summed E-state index contributed by atoms with van der Waals surface area (Å²) in [6.07, 6.45) is 2.13. The summed E-state index contributed by atoms with van der Waals surface area (Å²) >= 11 is 0. The van der Waals surface area contributed by atoms with Gasteiger partial charge in [-0.05, 0) is 51.2 Å². The summed E-state index contributed by atoms with van der Waals surface area (Å²) in [5.74, 6) is -1.50. The van der Waals surface area contributed by atoms with Gasteiger partial charge in [-0.15, -0.1) is 0 Å². The van der Waals surface area contributed by atoms with Crippen LogP contribution in [0.25, 0.3) is 0 Å². The third-order valence-corrected chi connectivity index (χ3v) is 8.06. The van der Waals surface area contributed by atoms with Gasteiger partial charge >= 0.3 is 0 Å². The van der Waals surface area contributed by atoms with E-state index in [2.05, 4.69) is 25.7 Å². The Labute approximate surface area is 184 Å². The lowest BCUT2D eigenvalue weighted by molar-refractivity contribution is -0.154. The minimum atomic E-state index is -0.702. The summed E-state index contributed by atoms with van der Waals surface area (Å²) in [5.41, 5.74) is -0.440. The number of rotatable bonds is 3. The van der Waals surface area contributed by atoms with Gasteiger partial charge in [0, 0.05) is 55.5 Å². The molecule has 2 heterocycles. The van der Waals surface area contributed by atoms with Gasteiger partial charge in [0.25, 0.3) is 0 Å². The lowest BCUT2D eigenvalue weighted by atomic mass is 9.71. The first-order chi connectivity index (χ1) is 14.4. The van der Waals surface area contributed by atoms with E-state index in [0.717, 1.165) is 18.9 Å². The minimum Gasteiger partial charge on any atom is -0.389 e. The molecule has 2 aliphatic heterocycles. The molecule has 0 bridgehead atoms. The fraction of sp³-hybridized carbons (Fsp3) is 0.720. The van der Waals surface area contributed by atoms with Crippen molar-refractivity contribution in [3.8, 4) is 0 Å². The summed E-state index contributed by atoms with van der Waals surface area (Å²) in [5, 5.41) is 11.3. The zero-order chi connectivity index (χ0) is 22.7. The highest BCUT2D eigenvalue weighted by molar-refractivity contribution is 5.81. The topological polar surface area (TPSA) is 43.8 Å². The van der Waals surface area contributed by atoms with Crippen LogP contribution in [0.15, 0.2) is 18.2 Å². The Kier molecular flexibility index (Phi) is 5.70. The van der Waals surface area contributed by atoms with E-state index >= 15 is 0 Å². The summed E-state index contributed by atoms with van der Waals surface area (Å²) in [7, 11) is 0. The SMILES string of the molecule is C[C@@H]1CN(C(=O)[C@@H]2CN(C(C)(C)C)C[C@H]2c2ccc(F)cc2F)C[C@H](C)[C@@]1(O)C1CC1. The predicted molar refractivity (Wildman–Crippen MR) is 116 cm³/mol. The molecule has 4 rings (SSSR count). The largest absolute Gasteiger partial charge is 0.389 e. The molecule has 5 atom stereocenters. The summed E-state index contributed by atoms with van der Waals surface area (Å²) in [6, 6.07) is 3.69. The van der Waals surface area contributed by atoms with E-state index in [1.807, 2.05) is 18.7 Å². The molecule has 1 saturated carbocycles. The van der Waals surface area contributed by atoms with Gasteiger partial charge < -0.3 is 10.0 Å². The highest BCUT2D eigenvalue weighted by Crippen LogP contribution is 2.50. The molecule has 1 aromatic rings. The zero-order valence-corrected chi connectivity index (χ0v) is 19.4. The van der Waals surface area contributed by atoms with E-state index in [1.54, 1.807) is 0 Å². The standard InChI is InChI=1S/C25H36F2N2O2/c1-15-11-28(12-16(2)25(15,31)17-6-7-17)23(30)21-14-29(24(3,4)5)13-20(21)19-9-8-18(26)10-22(19)27/h8-10,15-17,20-21,31H,6-7,11-14H2,1-5H3/t15-,16+,20-,21+,25-/m0/s1. The van der Waals surface area contributed by atoms with Crippen LogP contribution in [0.5, 0.6) is 0 Å². The van der Waals surface area contributed by atoms with Crippen LogP contribution in [-0.2, 0) is 4.79 Å². The highest BCUT2D eigenvalue weighted by atomic mass is 19.1. The van der Waals surface area contributed by atoms with Gasteiger partial charge in [0.1, 0.15) is 11.6 Å². The smallest absolute Gasteiger partial charge is 0.227 e. The molecule has 31 heavy (non-hydrogen) atoms. The maximum atomic E-state index is 14.7. The number of carbonyl (C=O) groups is 1. The second kappa shape index (κ2) is 7.80. The summed E-state index contributed by atoms with van der Waals surface area (Å²) < 4.78 is 28.2. The molecule has 2 saturated heterocycles. The molecular formula is C25H36F2N2O2. The van der Waals surface area contributed by atoms with Crippen molar-refractivity contribution in [2.24, 2.45) is 23.7 Å². The van der Waals surface area contributed by atoms with Crippen LogP contribution in [0.2, 0.25) is 0 Å². The molecule has 1 aliphatic carbocycles. The Morgan fingerprint density at radius 1 is 1.06 bits per heavy atom. The Bertz CT molecular complexity index is 836. The molecule has 1 aromatic carbocycles. The Balaban J connectivity index is 1.60. The zero-order valence-electron chi connectivity index (χ0n) is 19.4. The summed E-state index contributed by atoms with van der Waals surface area (Å²) in [6.45, 7) is 12.5. The van der Waals surface area contributed by atoms with E-state index in [0.29, 0.717) is 37.7 Å². The normalized spacial score (nSPS) is 34.9. The third kappa shape index (κ3) is 4.02. The van der Waals surface area contributed by atoms with Crippen LogP contribution in [0, 0.1) is 35.3 Å². The average Bonchev–Trinajstić information content (AvgIpc) is 3.43. The van der Waals surface area contributed by atoms with Crippen LogP contribution in [0.3, 0.4) is 0 Å². The van der Waals surface area contributed by atoms with E-state index in [4.69, 9.17) is 0 Å². The van der Waals surface area contributed by atoms with Gasteiger partial charge in [0.2, 0.25) is 5.91 Å². The lowest BCUT2D eigenvalue weighted by Gasteiger charge is -2.49. The molecule has 172 valence electrons. The number of benzene rings is 1. The molecule has 0 aromatic heterocycles. The van der Waals surface area contributed by atoms with Gasteiger partial charge in [-0.1, -0.05) is 19.9 Å². The van der Waals surface area contributed by atoms with Gasteiger partial charge in [0.05, 0.1) is 11.5 Å². The molecule has 4 nitrogen and oxygen atoms in total. The molecule has 0 spiro atoms. The van der Waals surface area contributed by atoms with Crippen molar-refractivity contribution >= 4 is 5.91 Å². The first kappa shape index (κ1) is 22.7. The number of halogens is 2. The number of hydrogen-bond donors (Lipinski definition) is 1. The quantitative estimate of drug-likeness (QED) is 0.781. The van der Waals surface area contributed by atoms with Crippen LogP contribution >= 0.6 is 0 Å². The predicted octanol–water partition coefficient (Wildman–Crippen LogP) is 4.03. The fourth-order valence-corrected chi connectivity index (χ4v) is 6.00. The molecule has 3 fully saturated rings. The number of amides is 1. The molecule has 6 heteroatoms. The number of carbonyl (C=O) groups excluding carboxylic acids is 1. The second-order valence-electron chi connectivity index (χ2n) is 11.2. The van der Waals surface area contributed by atoms with Crippen LogP contribution in [0.1, 0.15) is 58.9 Å². The molecule has 0 radical (unpaired) electrons. The van der Waals surface area contributed by atoms with Crippen molar-refractivity contribution in [3.05, 3.63) is 35.4 Å². The number of nitrogens with zero attached hydrogens (tertiary/aromatic N) is 2. The van der Waals surface area contributed by atoms with Gasteiger partial charge in [-0.3, -0.25) is 9.69 Å².